The van der Waals surface area contributed by atoms with E-state index in [-0.39, 0.29) is 0 Å². The van der Waals surface area contributed by atoms with Gasteiger partial charge in [-0.15, -0.1) is 5.10 Å². The fourth-order valence-corrected chi connectivity index (χ4v) is 2.48. The van der Waals surface area contributed by atoms with Crippen LogP contribution in [0, 0.1) is 6.92 Å². The third kappa shape index (κ3) is 2.53. The molecule has 0 unspecified atom stereocenters. The molecule has 0 aliphatic heterocycles. The van der Waals surface area contributed by atoms with Crippen LogP contribution in [0.1, 0.15) is 17.0 Å². The molecular weight excluding hydrogens is 306 g/mol. The van der Waals surface area contributed by atoms with Crippen LogP contribution < -0.4 is 0 Å². The maximum atomic E-state index is 4.63. The van der Waals surface area contributed by atoms with Crippen molar-refractivity contribution in [2.45, 2.75) is 19.9 Å². The van der Waals surface area contributed by atoms with E-state index in [9.17, 15) is 0 Å². The summed E-state index contributed by atoms with van der Waals surface area (Å²) in [5.74, 6) is 0. The van der Waals surface area contributed by atoms with Gasteiger partial charge in [0.1, 0.15) is 5.65 Å². The highest BCUT2D eigenvalue weighted by Gasteiger charge is 2.06. The third-order valence-electron chi connectivity index (χ3n) is 2.99. The predicted octanol–water partition coefficient (Wildman–Crippen LogP) is 2.22. The number of hydrogen-bond acceptors (Lipinski definition) is 3. The number of imidazole rings is 1. The lowest BCUT2D eigenvalue weighted by molar-refractivity contribution is 0.640. The van der Waals surface area contributed by atoms with Crippen molar-refractivity contribution in [3.63, 3.8) is 0 Å². The Morgan fingerprint density at radius 2 is 2.16 bits per heavy atom. The van der Waals surface area contributed by atoms with Gasteiger partial charge in [0.25, 0.3) is 0 Å². The number of rotatable bonds is 4. The average Bonchev–Trinajstić information content (AvgIpc) is 2.98. The molecule has 0 atom stereocenters. The van der Waals surface area contributed by atoms with Gasteiger partial charge >= 0.3 is 0 Å². The second kappa shape index (κ2) is 5.13. The minimum Gasteiger partial charge on any atom is -0.307 e. The second-order valence-electron chi connectivity index (χ2n) is 4.50. The summed E-state index contributed by atoms with van der Waals surface area (Å²) in [6.45, 7) is 2.71. The number of aryl methyl sites for hydroxylation is 2. The Kier molecular flexibility index (Phi) is 3.33. The van der Waals surface area contributed by atoms with E-state index < -0.39 is 0 Å². The maximum absolute atomic E-state index is 4.63. The molecule has 0 amide bonds. The first kappa shape index (κ1) is 12.3. The maximum Gasteiger partial charge on any atom is 0.140 e. The number of fused-ring (bicyclic) bond motifs is 1. The van der Waals surface area contributed by atoms with Gasteiger partial charge in [0.15, 0.2) is 0 Å². The van der Waals surface area contributed by atoms with Crippen LogP contribution in [0.4, 0.5) is 0 Å². The van der Waals surface area contributed by atoms with Crippen molar-refractivity contribution in [3.05, 3.63) is 47.7 Å². The van der Waals surface area contributed by atoms with Gasteiger partial charge in [0, 0.05) is 30.3 Å². The first-order chi connectivity index (χ1) is 9.26. The van der Waals surface area contributed by atoms with Crippen LogP contribution in [-0.2, 0) is 13.0 Å². The quantitative estimate of drug-likeness (QED) is 0.693. The summed E-state index contributed by atoms with van der Waals surface area (Å²) in [7, 11) is 0. The van der Waals surface area contributed by atoms with E-state index in [1.807, 2.05) is 33.7 Å². The van der Waals surface area contributed by atoms with Crippen molar-refractivity contribution < 1.29 is 0 Å². The van der Waals surface area contributed by atoms with Gasteiger partial charge < -0.3 is 4.40 Å². The summed E-state index contributed by atoms with van der Waals surface area (Å²) in [5, 5.41) is 9.14. The monoisotopic (exact) mass is 319 g/mol. The lowest BCUT2D eigenvalue weighted by atomic mass is 10.3. The zero-order valence-electron chi connectivity index (χ0n) is 10.6. The van der Waals surface area contributed by atoms with Gasteiger partial charge in [-0.25, -0.2) is 9.67 Å². The molecule has 98 valence electrons. The Hall–Kier alpha value is -1.69. The lowest BCUT2D eigenvalue weighted by Gasteiger charge is -1.94. The van der Waals surface area contributed by atoms with E-state index in [0.717, 1.165) is 28.8 Å². The molecule has 0 N–H and O–H groups in total. The minimum atomic E-state index is 0.649. The molecule has 0 aromatic carbocycles. The molecule has 3 aromatic rings. The van der Waals surface area contributed by atoms with Crippen molar-refractivity contribution >= 4 is 21.6 Å². The smallest absolute Gasteiger partial charge is 0.140 e. The Balaban J connectivity index is 1.86. The number of aromatic nitrogens is 5. The molecular formula is C13H14BrN5. The first-order valence-corrected chi connectivity index (χ1v) is 7.26. The van der Waals surface area contributed by atoms with Gasteiger partial charge in [0.2, 0.25) is 0 Å². The van der Waals surface area contributed by atoms with Crippen LogP contribution in [0.5, 0.6) is 0 Å². The van der Waals surface area contributed by atoms with Crippen LogP contribution in [0.2, 0.25) is 0 Å². The molecule has 0 saturated carbocycles. The molecule has 0 spiro atoms. The molecule has 3 aromatic heterocycles. The Morgan fingerprint density at radius 3 is 2.95 bits per heavy atom. The fourth-order valence-electron chi connectivity index (χ4n) is 2.07. The van der Waals surface area contributed by atoms with Crippen LogP contribution in [0.3, 0.4) is 0 Å². The van der Waals surface area contributed by atoms with Crippen molar-refractivity contribution in [3.8, 4) is 0 Å². The number of nitrogens with zero attached hydrogens (tertiary/aromatic N) is 5. The second-order valence-corrected chi connectivity index (χ2v) is 5.29. The van der Waals surface area contributed by atoms with Crippen molar-refractivity contribution in [2.24, 2.45) is 0 Å². The van der Waals surface area contributed by atoms with Gasteiger partial charge in [0.05, 0.1) is 17.9 Å². The molecule has 0 saturated heterocycles. The normalized spacial score (nSPS) is 11.3. The van der Waals surface area contributed by atoms with Gasteiger partial charge in [-0.1, -0.05) is 27.2 Å². The highest BCUT2D eigenvalue weighted by Crippen LogP contribution is 2.10. The topological polar surface area (TPSA) is 48.0 Å². The van der Waals surface area contributed by atoms with Gasteiger partial charge in [-0.3, -0.25) is 0 Å². The summed E-state index contributed by atoms with van der Waals surface area (Å²) in [5.41, 5.74) is 4.16. The van der Waals surface area contributed by atoms with E-state index in [1.165, 1.54) is 5.56 Å². The fraction of sp³-hybridized carbons (Fsp3) is 0.308. The predicted molar refractivity (Wildman–Crippen MR) is 76.6 cm³/mol. The zero-order chi connectivity index (χ0) is 13.2. The SMILES string of the molecule is Cc1cccn2cc(Cn3cc(CCBr)nn3)nc12. The Labute approximate surface area is 119 Å². The molecule has 19 heavy (non-hydrogen) atoms. The molecule has 3 heterocycles. The van der Waals surface area contributed by atoms with Gasteiger partial charge in [-0.05, 0) is 18.6 Å². The van der Waals surface area contributed by atoms with Crippen LogP contribution in [0.15, 0.2) is 30.7 Å². The van der Waals surface area contributed by atoms with E-state index in [0.29, 0.717) is 6.54 Å². The molecule has 6 heteroatoms. The highest BCUT2D eigenvalue weighted by molar-refractivity contribution is 9.09. The average molecular weight is 320 g/mol. The lowest BCUT2D eigenvalue weighted by Crippen LogP contribution is -2.00. The molecule has 0 radical (unpaired) electrons. The van der Waals surface area contributed by atoms with Crippen molar-refractivity contribution in [1.29, 1.82) is 0 Å². The third-order valence-corrected chi connectivity index (χ3v) is 3.39. The van der Waals surface area contributed by atoms with Crippen LogP contribution in [-0.4, -0.2) is 29.7 Å². The molecule has 0 aliphatic carbocycles. The molecule has 0 fully saturated rings. The van der Waals surface area contributed by atoms with E-state index in [1.54, 1.807) is 0 Å². The minimum absolute atomic E-state index is 0.649. The molecule has 5 nitrogen and oxygen atoms in total. The number of pyridine rings is 1. The summed E-state index contributed by atoms with van der Waals surface area (Å²) >= 11 is 3.40. The molecule has 0 bridgehead atoms. The standard InChI is InChI=1S/C13H14BrN5/c1-10-3-2-6-18-7-12(15-13(10)18)9-19-8-11(4-5-14)16-17-19/h2-3,6-8H,4-5,9H2,1H3. The summed E-state index contributed by atoms with van der Waals surface area (Å²) < 4.78 is 3.87. The molecule has 0 aliphatic rings. The Bertz CT molecular complexity index is 700. The number of hydrogen-bond donors (Lipinski definition) is 0. The van der Waals surface area contributed by atoms with E-state index in [2.05, 4.69) is 44.2 Å². The first-order valence-electron chi connectivity index (χ1n) is 6.14. The van der Waals surface area contributed by atoms with E-state index >= 15 is 0 Å². The van der Waals surface area contributed by atoms with Crippen molar-refractivity contribution in [2.75, 3.05) is 5.33 Å². The van der Waals surface area contributed by atoms with Crippen molar-refractivity contribution in [1.82, 2.24) is 24.4 Å². The van der Waals surface area contributed by atoms with Crippen LogP contribution in [0.25, 0.3) is 5.65 Å². The summed E-state index contributed by atoms with van der Waals surface area (Å²) in [6.07, 6.45) is 6.91. The largest absolute Gasteiger partial charge is 0.307 e. The summed E-state index contributed by atoms with van der Waals surface area (Å²) in [4.78, 5) is 4.63. The van der Waals surface area contributed by atoms with E-state index in [4.69, 9.17) is 0 Å². The molecule has 3 rings (SSSR count). The van der Waals surface area contributed by atoms with Gasteiger partial charge in [-0.2, -0.15) is 0 Å². The summed E-state index contributed by atoms with van der Waals surface area (Å²) in [6, 6.07) is 4.09. The number of alkyl halides is 1. The highest BCUT2D eigenvalue weighted by atomic mass is 79.9. The number of halogens is 1. The Morgan fingerprint density at radius 1 is 1.26 bits per heavy atom. The zero-order valence-corrected chi connectivity index (χ0v) is 12.2. The van der Waals surface area contributed by atoms with Crippen LogP contribution >= 0.6 is 15.9 Å².